The summed E-state index contributed by atoms with van der Waals surface area (Å²) in [5.41, 5.74) is 1.96. The smallest absolute Gasteiger partial charge is 0.244 e. The normalized spacial score (nSPS) is 18.2. The molecule has 1 aromatic heterocycles. The molecule has 1 fully saturated rings. The van der Waals surface area contributed by atoms with E-state index in [1.54, 1.807) is 19.1 Å². The Morgan fingerprint density at radius 2 is 2.07 bits per heavy atom. The fourth-order valence-corrected chi connectivity index (χ4v) is 3.75. The predicted molar refractivity (Wildman–Crippen MR) is 112 cm³/mol. The molecule has 30 heavy (non-hydrogen) atoms. The van der Waals surface area contributed by atoms with Gasteiger partial charge in [-0.1, -0.05) is 35.5 Å². The number of para-hydroxylation sites is 1. The summed E-state index contributed by atoms with van der Waals surface area (Å²) in [5.74, 6) is 0.464. The minimum absolute atomic E-state index is 0.0273. The summed E-state index contributed by atoms with van der Waals surface area (Å²) in [6.45, 7) is 5.18. The number of hydrogen-bond acceptors (Lipinski definition) is 5. The van der Waals surface area contributed by atoms with Crippen molar-refractivity contribution in [2.75, 3.05) is 18.4 Å². The Balaban J connectivity index is 1.43. The summed E-state index contributed by atoms with van der Waals surface area (Å²) in [6, 6.07) is 14.3. The van der Waals surface area contributed by atoms with Gasteiger partial charge in [0.25, 0.3) is 0 Å². The largest absolute Gasteiger partial charge is 0.337 e. The number of amides is 1. The van der Waals surface area contributed by atoms with Crippen LogP contribution in [-0.2, 0) is 4.79 Å². The van der Waals surface area contributed by atoms with Gasteiger partial charge in [0.05, 0.1) is 12.0 Å². The van der Waals surface area contributed by atoms with E-state index in [1.165, 1.54) is 6.07 Å². The van der Waals surface area contributed by atoms with Crippen LogP contribution in [0.4, 0.5) is 10.1 Å². The summed E-state index contributed by atoms with van der Waals surface area (Å²) in [4.78, 5) is 19.4. The molecular formula is C23H25FN4O2. The number of nitrogens with one attached hydrogen (secondary N) is 1. The number of carbonyl (C=O) groups excluding carboxylic acids is 1. The molecule has 0 unspecified atom stereocenters. The quantitative estimate of drug-likeness (QED) is 0.668. The second kappa shape index (κ2) is 8.75. The molecule has 0 bridgehead atoms. The van der Waals surface area contributed by atoms with Crippen LogP contribution in [0.5, 0.6) is 0 Å². The van der Waals surface area contributed by atoms with Crippen molar-refractivity contribution in [2.24, 2.45) is 5.92 Å². The van der Waals surface area contributed by atoms with Crippen LogP contribution < -0.4 is 5.32 Å². The number of nitrogens with zero attached hydrogens (tertiary/aromatic N) is 3. The van der Waals surface area contributed by atoms with E-state index >= 15 is 0 Å². The molecule has 0 aliphatic carbocycles. The first-order valence-electron chi connectivity index (χ1n) is 10.2. The van der Waals surface area contributed by atoms with Gasteiger partial charge in [-0.05, 0) is 57.0 Å². The molecule has 2 atom stereocenters. The number of hydrogen-bond donors (Lipinski definition) is 1. The summed E-state index contributed by atoms with van der Waals surface area (Å²) in [6.07, 6.45) is 1.76. The highest BCUT2D eigenvalue weighted by Gasteiger charge is 2.31. The van der Waals surface area contributed by atoms with Gasteiger partial charge in [-0.25, -0.2) is 4.39 Å². The highest BCUT2D eigenvalue weighted by Crippen LogP contribution is 2.28. The van der Waals surface area contributed by atoms with Gasteiger partial charge in [-0.2, -0.15) is 4.98 Å². The Morgan fingerprint density at radius 1 is 1.27 bits per heavy atom. The number of rotatable bonds is 5. The lowest BCUT2D eigenvalue weighted by Crippen LogP contribution is -2.41. The monoisotopic (exact) mass is 408 g/mol. The third kappa shape index (κ3) is 4.41. The molecule has 1 N–H and O–H groups in total. The minimum atomic E-state index is -0.296. The zero-order chi connectivity index (χ0) is 21.1. The zero-order valence-electron chi connectivity index (χ0n) is 17.1. The van der Waals surface area contributed by atoms with E-state index in [1.807, 2.05) is 37.3 Å². The van der Waals surface area contributed by atoms with Crippen LogP contribution >= 0.6 is 0 Å². The molecule has 1 aliphatic rings. The van der Waals surface area contributed by atoms with Crippen molar-refractivity contribution in [3.05, 3.63) is 65.8 Å². The molecule has 4 rings (SSSR count). The lowest BCUT2D eigenvalue weighted by Gasteiger charge is -2.34. The van der Waals surface area contributed by atoms with Gasteiger partial charge in [0.15, 0.2) is 0 Å². The number of carbonyl (C=O) groups is 1. The Labute approximate surface area is 175 Å². The molecule has 0 spiro atoms. The first-order chi connectivity index (χ1) is 14.5. The van der Waals surface area contributed by atoms with Crippen molar-refractivity contribution in [3.63, 3.8) is 0 Å². The molecule has 2 aromatic carbocycles. The highest BCUT2D eigenvalue weighted by molar-refractivity contribution is 5.92. The van der Waals surface area contributed by atoms with Crippen molar-refractivity contribution in [2.45, 2.75) is 32.7 Å². The standard InChI is InChI=1S/C23H25FN4O2/c1-15-10-11-17(13-20(15)24)21-26-23(30-27-21)16(2)28-12-6-7-18(14-28)22(29)25-19-8-4-3-5-9-19/h3-5,8-11,13,16,18H,6-7,12,14H2,1-2H3,(H,25,29)/t16-,18-/m0/s1. The number of halogens is 1. The molecule has 0 radical (unpaired) electrons. The third-order valence-electron chi connectivity index (χ3n) is 5.64. The van der Waals surface area contributed by atoms with E-state index in [9.17, 15) is 9.18 Å². The average Bonchev–Trinajstić information content (AvgIpc) is 3.26. The molecule has 156 valence electrons. The van der Waals surface area contributed by atoms with Crippen molar-refractivity contribution in [3.8, 4) is 11.4 Å². The van der Waals surface area contributed by atoms with E-state index in [-0.39, 0.29) is 23.7 Å². The number of piperidine rings is 1. The van der Waals surface area contributed by atoms with Gasteiger partial charge < -0.3 is 9.84 Å². The molecule has 6 nitrogen and oxygen atoms in total. The molecule has 1 aliphatic heterocycles. The predicted octanol–water partition coefficient (Wildman–Crippen LogP) is 4.60. The van der Waals surface area contributed by atoms with Crippen LogP contribution in [0.15, 0.2) is 53.1 Å². The lowest BCUT2D eigenvalue weighted by atomic mass is 9.96. The van der Waals surface area contributed by atoms with E-state index in [4.69, 9.17) is 4.52 Å². The maximum atomic E-state index is 13.9. The van der Waals surface area contributed by atoms with Gasteiger partial charge in [0, 0.05) is 17.8 Å². The Bertz CT molecular complexity index is 1020. The van der Waals surface area contributed by atoms with E-state index in [0.717, 1.165) is 25.1 Å². The van der Waals surface area contributed by atoms with Crippen LogP contribution in [0.2, 0.25) is 0 Å². The van der Waals surface area contributed by atoms with Gasteiger partial charge in [0.2, 0.25) is 17.6 Å². The van der Waals surface area contributed by atoms with Crippen LogP contribution in [0.3, 0.4) is 0 Å². The van der Waals surface area contributed by atoms with Crippen molar-refractivity contribution in [1.29, 1.82) is 0 Å². The Hall–Kier alpha value is -3.06. The van der Waals surface area contributed by atoms with Crippen LogP contribution in [0.1, 0.15) is 37.3 Å². The van der Waals surface area contributed by atoms with Gasteiger partial charge in [-0.15, -0.1) is 0 Å². The zero-order valence-corrected chi connectivity index (χ0v) is 17.1. The first-order valence-corrected chi connectivity index (χ1v) is 10.2. The number of aryl methyl sites for hydroxylation is 1. The molecular weight excluding hydrogens is 383 g/mol. The summed E-state index contributed by atoms with van der Waals surface area (Å²) >= 11 is 0. The lowest BCUT2D eigenvalue weighted by molar-refractivity contribution is -0.121. The molecule has 0 saturated carbocycles. The van der Waals surface area contributed by atoms with Crippen molar-refractivity contribution >= 4 is 11.6 Å². The fraction of sp³-hybridized carbons (Fsp3) is 0.348. The van der Waals surface area contributed by atoms with Crippen molar-refractivity contribution < 1.29 is 13.7 Å². The third-order valence-corrected chi connectivity index (χ3v) is 5.64. The van der Waals surface area contributed by atoms with Crippen LogP contribution in [0.25, 0.3) is 11.4 Å². The highest BCUT2D eigenvalue weighted by atomic mass is 19.1. The summed E-state index contributed by atoms with van der Waals surface area (Å²) < 4.78 is 19.3. The van der Waals surface area contributed by atoms with E-state index in [0.29, 0.717) is 29.4 Å². The maximum Gasteiger partial charge on any atom is 0.244 e. The number of benzene rings is 2. The van der Waals surface area contributed by atoms with Crippen LogP contribution in [-0.4, -0.2) is 34.0 Å². The fourth-order valence-electron chi connectivity index (χ4n) is 3.75. The molecule has 3 aromatic rings. The number of likely N-dealkylation sites (tertiary alicyclic amines) is 1. The minimum Gasteiger partial charge on any atom is -0.337 e. The molecule has 7 heteroatoms. The van der Waals surface area contributed by atoms with Crippen molar-refractivity contribution in [1.82, 2.24) is 15.0 Å². The summed E-state index contributed by atoms with van der Waals surface area (Å²) in [5, 5.41) is 7.02. The molecule has 1 amide bonds. The van der Waals surface area contributed by atoms with Gasteiger partial charge in [-0.3, -0.25) is 9.69 Å². The Morgan fingerprint density at radius 3 is 2.83 bits per heavy atom. The Kier molecular flexibility index (Phi) is 5.90. The topological polar surface area (TPSA) is 71.3 Å². The molecule has 1 saturated heterocycles. The molecule has 2 heterocycles. The second-order valence-electron chi connectivity index (χ2n) is 7.79. The second-order valence-corrected chi connectivity index (χ2v) is 7.79. The summed E-state index contributed by atoms with van der Waals surface area (Å²) in [7, 11) is 0. The van der Waals surface area contributed by atoms with Gasteiger partial charge >= 0.3 is 0 Å². The van der Waals surface area contributed by atoms with E-state index in [2.05, 4.69) is 20.4 Å². The van der Waals surface area contributed by atoms with Gasteiger partial charge in [0.1, 0.15) is 5.82 Å². The van der Waals surface area contributed by atoms with Crippen LogP contribution in [0, 0.1) is 18.7 Å². The average molecular weight is 408 g/mol. The maximum absolute atomic E-state index is 13.9. The number of anilines is 1. The first kappa shape index (κ1) is 20.2. The van der Waals surface area contributed by atoms with E-state index < -0.39 is 0 Å². The SMILES string of the molecule is Cc1ccc(-c2noc([C@H](C)N3CCC[C@H](C(=O)Nc4ccccc4)C3)n2)cc1F. The number of aromatic nitrogens is 2.